The third-order valence-corrected chi connectivity index (χ3v) is 3.66. The minimum absolute atomic E-state index is 0.0288. The van der Waals surface area contributed by atoms with Crippen LogP contribution in [0.4, 0.5) is 0 Å². The topological polar surface area (TPSA) is 70.8 Å². The van der Waals surface area contributed by atoms with Gasteiger partial charge in [-0.05, 0) is 28.9 Å². The molecule has 2 unspecified atom stereocenters. The molecule has 1 aliphatic heterocycles. The molecule has 1 aromatic rings. The van der Waals surface area contributed by atoms with Gasteiger partial charge in [-0.2, -0.15) is 0 Å². The normalized spacial score (nSPS) is 24.4. The molecule has 2 atom stereocenters. The molecular formula is C11H12BrNO4. The molecule has 1 aromatic heterocycles. The molecule has 0 spiro atoms. The Morgan fingerprint density at radius 2 is 2.41 bits per heavy atom. The zero-order chi connectivity index (χ0) is 12.6. The summed E-state index contributed by atoms with van der Waals surface area (Å²) in [5, 5.41) is 9.17. The average Bonchev–Trinajstić information content (AvgIpc) is 2.81. The Bertz CT molecular complexity index is 456. The van der Waals surface area contributed by atoms with Crippen molar-refractivity contribution in [2.45, 2.75) is 19.4 Å². The maximum absolute atomic E-state index is 11.7. The van der Waals surface area contributed by atoms with E-state index >= 15 is 0 Å². The van der Waals surface area contributed by atoms with Crippen molar-refractivity contribution >= 4 is 27.8 Å². The first-order valence-electron chi connectivity index (χ1n) is 5.31. The monoisotopic (exact) mass is 301 g/mol. The molecule has 1 saturated heterocycles. The molecule has 0 aliphatic carbocycles. The fraction of sp³-hybridized carbons (Fsp3) is 0.455. The summed E-state index contributed by atoms with van der Waals surface area (Å²) in [4.78, 5) is 24.5. The van der Waals surface area contributed by atoms with Crippen LogP contribution in [0.15, 0.2) is 21.2 Å². The Balaban J connectivity index is 2.42. The highest BCUT2D eigenvalue weighted by atomic mass is 79.9. The molecule has 1 aliphatic rings. The van der Waals surface area contributed by atoms with Crippen molar-refractivity contribution in [2.24, 2.45) is 5.92 Å². The number of carbonyl (C=O) groups is 2. The van der Waals surface area contributed by atoms with E-state index in [1.807, 2.05) is 6.92 Å². The van der Waals surface area contributed by atoms with Gasteiger partial charge < -0.3 is 14.4 Å². The highest BCUT2D eigenvalue weighted by Gasteiger charge is 2.46. The van der Waals surface area contributed by atoms with E-state index in [9.17, 15) is 9.59 Å². The molecule has 0 bridgehead atoms. The van der Waals surface area contributed by atoms with Gasteiger partial charge in [0.15, 0.2) is 0 Å². The quantitative estimate of drug-likeness (QED) is 0.927. The van der Waals surface area contributed by atoms with Crippen molar-refractivity contribution in [3.8, 4) is 0 Å². The zero-order valence-electron chi connectivity index (χ0n) is 9.22. The molecule has 17 heavy (non-hydrogen) atoms. The summed E-state index contributed by atoms with van der Waals surface area (Å²) in [6.07, 6.45) is 1.51. The third-order valence-electron chi connectivity index (χ3n) is 3.00. The number of carbonyl (C=O) groups excluding carboxylic acids is 1. The van der Waals surface area contributed by atoms with Gasteiger partial charge in [-0.3, -0.25) is 9.59 Å². The number of carboxylic acid groups (broad SMARTS) is 1. The van der Waals surface area contributed by atoms with E-state index in [4.69, 9.17) is 9.52 Å². The number of aliphatic carboxylic acids is 1. The van der Waals surface area contributed by atoms with Crippen LogP contribution in [0.3, 0.4) is 0 Å². The molecule has 0 saturated carbocycles. The number of nitrogens with zero attached hydrogens (tertiary/aromatic N) is 1. The smallest absolute Gasteiger partial charge is 0.309 e. The van der Waals surface area contributed by atoms with Gasteiger partial charge in [-0.15, -0.1) is 0 Å². The van der Waals surface area contributed by atoms with Crippen LogP contribution < -0.4 is 0 Å². The lowest BCUT2D eigenvalue weighted by Crippen LogP contribution is -2.30. The SMILES string of the molecule is CCN1C(=O)CC(C(=O)O)C1c1occc1Br. The number of halogens is 1. The molecular weight excluding hydrogens is 290 g/mol. The second-order valence-electron chi connectivity index (χ2n) is 3.91. The Morgan fingerprint density at radius 1 is 1.71 bits per heavy atom. The van der Waals surface area contributed by atoms with E-state index in [0.717, 1.165) is 0 Å². The summed E-state index contributed by atoms with van der Waals surface area (Å²) in [5.41, 5.74) is 0. The average molecular weight is 302 g/mol. The lowest BCUT2D eigenvalue weighted by molar-refractivity contribution is -0.142. The molecule has 6 heteroatoms. The van der Waals surface area contributed by atoms with Crippen LogP contribution in [-0.2, 0) is 9.59 Å². The lowest BCUT2D eigenvalue weighted by Gasteiger charge is -2.24. The number of hydrogen-bond acceptors (Lipinski definition) is 3. The summed E-state index contributed by atoms with van der Waals surface area (Å²) in [6, 6.07) is 1.18. The number of rotatable bonds is 3. The van der Waals surface area contributed by atoms with Crippen molar-refractivity contribution in [1.29, 1.82) is 0 Å². The van der Waals surface area contributed by atoms with E-state index in [2.05, 4.69) is 15.9 Å². The standard InChI is InChI=1S/C11H12BrNO4/c1-2-13-8(14)5-6(11(15)16)9(13)10-7(12)3-4-17-10/h3-4,6,9H,2,5H2,1H3,(H,15,16). The Morgan fingerprint density at radius 3 is 2.88 bits per heavy atom. The zero-order valence-corrected chi connectivity index (χ0v) is 10.8. The van der Waals surface area contributed by atoms with E-state index in [1.54, 1.807) is 11.0 Å². The Kier molecular flexibility index (Phi) is 3.24. The van der Waals surface area contributed by atoms with E-state index < -0.39 is 17.9 Å². The van der Waals surface area contributed by atoms with Gasteiger partial charge in [-0.25, -0.2) is 0 Å². The maximum Gasteiger partial charge on any atom is 0.309 e. The number of carboxylic acids is 1. The van der Waals surface area contributed by atoms with Crippen LogP contribution in [0.2, 0.25) is 0 Å². The van der Waals surface area contributed by atoms with Gasteiger partial charge in [0.05, 0.1) is 16.7 Å². The second-order valence-corrected chi connectivity index (χ2v) is 4.76. The van der Waals surface area contributed by atoms with Gasteiger partial charge in [-0.1, -0.05) is 0 Å². The minimum atomic E-state index is -0.970. The summed E-state index contributed by atoms with van der Waals surface area (Å²) in [6.45, 7) is 2.30. The largest absolute Gasteiger partial charge is 0.481 e. The molecule has 5 nitrogen and oxygen atoms in total. The highest BCUT2D eigenvalue weighted by molar-refractivity contribution is 9.10. The van der Waals surface area contributed by atoms with Crippen LogP contribution in [0.1, 0.15) is 25.1 Å². The van der Waals surface area contributed by atoms with Crippen molar-refractivity contribution in [3.63, 3.8) is 0 Å². The summed E-state index contributed by atoms with van der Waals surface area (Å²) >= 11 is 3.30. The number of furan rings is 1. The van der Waals surface area contributed by atoms with E-state index in [0.29, 0.717) is 16.8 Å². The highest BCUT2D eigenvalue weighted by Crippen LogP contribution is 2.41. The van der Waals surface area contributed by atoms with Crippen molar-refractivity contribution in [1.82, 2.24) is 4.90 Å². The number of likely N-dealkylation sites (tertiary alicyclic amines) is 1. The Hall–Kier alpha value is -1.30. The van der Waals surface area contributed by atoms with Gasteiger partial charge >= 0.3 is 5.97 Å². The lowest BCUT2D eigenvalue weighted by atomic mass is 9.98. The van der Waals surface area contributed by atoms with Crippen LogP contribution in [0, 0.1) is 5.92 Å². The summed E-state index contributed by atoms with van der Waals surface area (Å²) < 4.78 is 6.00. The minimum Gasteiger partial charge on any atom is -0.481 e. The molecule has 1 fully saturated rings. The van der Waals surface area contributed by atoms with Gasteiger partial charge in [0.1, 0.15) is 11.8 Å². The fourth-order valence-corrected chi connectivity index (χ4v) is 2.66. The predicted molar refractivity (Wildman–Crippen MR) is 62.3 cm³/mol. The van der Waals surface area contributed by atoms with Gasteiger partial charge in [0, 0.05) is 13.0 Å². The maximum atomic E-state index is 11.7. The van der Waals surface area contributed by atoms with Gasteiger partial charge in [0.25, 0.3) is 0 Å². The van der Waals surface area contributed by atoms with E-state index in [1.165, 1.54) is 6.26 Å². The third kappa shape index (κ3) is 1.97. The van der Waals surface area contributed by atoms with E-state index in [-0.39, 0.29) is 12.3 Å². The number of hydrogen-bond donors (Lipinski definition) is 1. The number of amides is 1. The van der Waals surface area contributed by atoms with Crippen molar-refractivity contribution in [2.75, 3.05) is 6.54 Å². The van der Waals surface area contributed by atoms with Crippen LogP contribution in [-0.4, -0.2) is 28.4 Å². The predicted octanol–water partition coefficient (Wildman–Crippen LogP) is 2.04. The summed E-state index contributed by atoms with van der Waals surface area (Å²) in [5.74, 6) is -1.36. The first-order valence-corrected chi connectivity index (χ1v) is 6.10. The molecule has 0 radical (unpaired) electrons. The van der Waals surface area contributed by atoms with Crippen molar-refractivity contribution in [3.05, 3.63) is 22.6 Å². The molecule has 1 amide bonds. The first-order chi connectivity index (χ1) is 8.06. The molecule has 2 heterocycles. The van der Waals surface area contributed by atoms with Crippen LogP contribution in [0.25, 0.3) is 0 Å². The summed E-state index contributed by atoms with van der Waals surface area (Å²) in [7, 11) is 0. The molecule has 1 N–H and O–H groups in total. The first kappa shape index (κ1) is 12.2. The van der Waals surface area contributed by atoms with Gasteiger partial charge in [0.2, 0.25) is 5.91 Å². The molecule has 92 valence electrons. The molecule has 0 aromatic carbocycles. The van der Waals surface area contributed by atoms with Crippen LogP contribution in [0.5, 0.6) is 0 Å². The fourth-order valence-electron chi connectivity index (χ4n) is 2.23. The molecule has 2 rings (SSSR count). The van der Waals surface area contributed by atoms with Crippen molar-refractivity contribution < 1.29 is 19.1 Å². The Labute approximate surface area is 107 Å². The van der Waals surface area contributed by atoms with Crippen LogP contribution >= 0.6 is 15.9 Å². The second kappa shape index (κ2) is 4.52.